The second-order valence-electron chi connectivity index (χ2n) is 3.86. The molecule has 20 heavy (non-hydrogen) atoms. The Hall–Kier alpha value is -2.27. The van der Waals surface area contributed by atoms with E-state index in [2.05, 4.69) is 20.1 Å². The molecule has 0 unspecified atom stereocenters. The van der Waals surface area contributed by atoms with Gasteiger partial charge in [-0.15, -0.1) is 5.10 Å². The van der Waals surface area contributed by atoms with Crippen molar-refractivity contribution in [2.24, 2.45) is 7.05 Å². The minimum absolute atomic E-state index is 0.0438. The van der Waals surface area contributed by atoms with Gasteiger partial charge in [0.2, 0.25) is 0 Å². The number of carbonyl (C=O) groups is 1. The van der Waals surface area contributed by atoms with E-state index in [9.17, 15) is 13.2 Å². The molecule has 0 amide bonds. The fourth-order valence-corrected chi connectivity index (χ4v) is 2.64. The lowest BCUT2D eigenvalue weighted by Crippen LogP contribution is -2.29. The van der Waals surface area contributed by atoms with Crippen LogP contribution in [0.15, 0.2) is 23.5 Å². The van der Waals surface area contributed by atoms with E-state index < -0.39 is 16.0 Å². The van der Waals surface area contributed by atoms with Gasteiger partial charge in [-0.2, -0.15) is 5.10 Å². The highest BCUT2D eigenvalue weighted by atomic mass is 32.2. The van der Waals surface area contributed by atoms with E-state index in [0.717, 1.165) is 0 Å². The molecule has 2 N–H and O–H groups in total. The van der Waals surface area contributed by atoms with Gasteiger partial charge in [0.25, 0.3) is 10.0 Å². The Morgan fingerprint density at radius 2 is 2.25 bits per heavy atom. The molecule has 0 saturated heterocycles. The van der Waals surface area contributed by atoms with Crippen molar-refractivity contribution in [3.8, 4) is 0 Å². The van der Waals surface area contributed by atoms with Crippen molar-refractivity contribution in [2.45, 2.75) is 11.6 Å². The highest BCUT2D eigenvalue weighted by molar-refractivity contribution is 7.89. The molecule has 2 rings (SSSR count). The SMILES string of the molecule is Cn1nccc1S(=O)(=O)NCCn1cc(C(=O)O)nn1. The number of nitrogens with zero attached hydrogens (tertiary/aromatic N) is 5. The molecular weight excluding hydrogens is 288 g/mol. The average molecular weight is 300 g/mol. The number of aromatic carboxylic acids is 1. The number of carboxylic acids is 1. The maximum Gasteiger partial charge on any atom is 0.358 e. The molecule has 0 atom stereocenters. The first-order chi connectivity index (χ1) is 9.40. The number of hydrogen-bond donors (Lipinski definition) is 2. The number of nitrogens with one attached hydrogen (secondary N) is 1. The van der Waals surface area contributed by atoms with Crippen LogP contribution in [0.3, 0.4) is 0 Å². The Kier molecular flexibility index (Phi) is 3.81. The predicted octanol–water partition coefficient (Wildman–Crippen LogP) is -1.31. The summed E-state index contributed by atoms with van der Waals surface area (Å²) in [5.74, 6) is -1.19. The number of aromatic nitrogens is 5. The number of rotatable bonds is 6. The third kappa shape index (κ3) is 3.00. The molecule has 0 radical (unpaired) electrons. The Morgan fingerprint density at radius 1 is 1.50 bits per heavy atom. The summed E-state index contributed by atoms with van der Waals surface area (Å²) in [5.41, 5.74) is -0.195. The third-order valence-electron chi connectivity index (χ3n) is 2.44. The van der Waals surface area contributed by atoms with Crippen molar-refractivity contribution in [1.82, 2.24) is 29.5 Å². The first-order valence-electron chi connectivity index (χ1n) is 5.51. The molecule has 0 spiro atoms. The van der Waals surface area contributed by atoms with Crippen LogP contribution >= 0.6 is 0 Å². The van der Waals surface area contributed by atoms with Gasteiger partial charge in [0.15, 0.2) is 10.7 Å². The molecule has 0 fully saturated rings. The van der Waals surface area contributed by atoms with E-state index in [1.54, 1.807) is 0 Å². The lowest BCUT2D eigenvalue weighted by Gasteiger charge is -2.06. The van der Waals surface area contributed by atoms with Gasteiger partial charge >= 0.3 is 5.97 Å². The molecule has 0 aliphatic heterocycles. The second kappa shape index (κ2) is 5.38. The van der Waals surface area contributed by atoms with E-state index in [0.29, 0.717) is 0 Å². The fraction of sp³-hybridized carbons (Fsp3) is 0.333. The fourth-order valence-electron chi connectivity index (χ4n) is 1.50. The molecule has 0 saturated carbocycles. The standard InChI is InChI=1S/C9H12N6O4S/c1-14-8(2-3-10-14)20(18,19)11-4-5-15-6-7(9(16)17)12-13-15/h2-3,6,11H,4-5H2,1H3,(H,16,17). The molecule has 2 aromatic rings. The summed E-state index contributed by atoms with van der Waals surface area (Å²) in [6.45, 7) is 0.216. The van der Waals surface area contributed by atoms with Gasteiger partial charge in [-0.3, -0.25) is 9.36 Å². The first-order valence-corrected chi connectivity index (χ1v) is 6.99. The molecule has 2 aromatic heterocycles. The van der Waals surface area contributed by atoms with Crippen LogP contribution in [0.1, 0.15) is 10.5 Å². The van der Waals surface area contributed by atoms with Crippen LogP contribution < -0.4 is 4.72 Å². The van der Waals surface area contributed by atoms with Crippen LogP contribution in [0.4, 0.5) is 0 Å². The number of sulfonamides is 1. The maximum atomic E-state index is 11.9. The maximum absolute atomic E-state index is 11.9. The van der Waals surface area contributed by atoms with E-state index in [-0.39, 0.29) is 23.8 Å². The van der Waals surface area contributed by atoms with Crippen LogP contribution in [-0.4, -0.2) is 50.8 Å². The van der Waals surface area contributed by atoms with Crippen molar-refractivity contribution in [2.75, 3.05) is 6.54 Å². The summed E-state index contributed by atoms with van der Waals surface area (Å²) in [4.78, 5) is 10.6. The van der Waals surface area contributed by atoms with E-state index in [4.69, 9.17) is 5.11 Å². The van der Waals surface area contributed by atoms with Crippen LogP contribution in [0.25, 0.3) is 0 Å². The normalized spacial score (nSPS) is 11.7. The summed E-state index contributed by atoms with van der Waals surface area (Å²) in [5, 5.41) is 19.5. The van der Waals surface area contributed by atoms with E-state index in [1.807, 2.05) is 0 Å². The highest BCUT2D eigenvalue weighted by Crippen LogP contribution is 2.05. The molecule has 108 valence electrons. The van der Waals surface area contributed by atoms with Crippen LogP contribution in [0.5, 0.6) is 0 Å². The quantitative estimate of drug-likeness (QED) is 0.676. The second-order valence-corrected chi connectivity index (χ2v) is 5.58. The zero-order chi connectivity index (χ0) is 14.8. The zero-order valence-electron chi connectivity index (χ0n) is 10.5. The van der Waals surface area contributed by atoms with Crippen molar-refractivity contribution < 1.29 is 18.3 Å². The predicted molar refractivity (Wildman–Crippen MR) is 65.4 cm³/mol. The van der Waals surface area contributed by atoms with Crippen molar-refractivity contribution in [3.05, 3.63) is 24.2 Å². The minimum atomic E-state index is -3.65. The number of hydrogen-bond acceptors (Lipinski definition) is 6. The van der Waals surface area contributed by atoms with E-state index >= 15 is 0 Å². The monoisotopic (exact) mass is 300 g/mol. The molecule has 0 aliphatic carbocycles. The summed E-state index contributed by atoms with van der Waals surface area (Å²) >= 11 is 0. The Balaban J connectivity index is 1.95. The molecular formula is C9H12N6O4S. The van der Waals surface area contributed by atoms with Crippen LogP contribution in [0, 0.1) is 0 Å². The summed E-state index contributed by atoms with van der Waals surface area (Å²) in [6, 6.07) is 1.38. The molecule has 0 aromatic carbocycles. The van der Waals surface area contributed by atoms with Gasteiger partial charge in [0, 0.05) is 13.6 Å². The molecule has 11 heteroatoms. The van der Waals surface area contributed by atoms with Crippen LogP contribution in [-0.2, 0) is 23.6 Å². The van der Waals surface area contributed by atoms with Crippen molar-refractivity contribution >= 4 is 16.0 Å². The van der Waals surface area contributed by atoms with Gasteiger partial charge < -0.3 is 5.11 Å². The molecule has 10 nitrogen and oxygen atoms in total. The topological polar surface area (TPSA) is 132 Å². The van der Waals surface area contributed by atoms with Gasteiger partial charge in [-0.05, 0) is 6.07 Å². The summed E-state index contributed by atoms with van der Waals surface area (Å²) in [6.07, 6.45) is 2.60. The number of carboxylic acid groups (broad SMARTS) is 1. The average Bonchev–Trinajstić information content (AvgIpc) is 2.97. The van der Waals surface area contributed by atoms with Gasteiger partial charge in [0.1, 0.15) is 0 Å². The van der Waals surface area contributed by atoms with Gasteiger partial charge in [0.05, 0.1) is 18.9 Å². The minimum Gasteiger partial charge on any atom is -0.476 e. The van der Waals surface area contributed by atoms with Gasteiger partial charge in [-0.1, -0.05) is 5.21 Å². The molecule has 0 bridgehead atoms. The molecule has 2 heterocycles. The summed E-state index contributed by atoms with van der Waals surface area (Å²) in [7, 11) is -2.14. The van der Waals surface area contributed by atoms with E-state index in [1.165, 1.54) is 34.9 Å². The lowest BCUT2D eigenvalue weighted by molar-refractivity contribution is 0.0690. The Labute approximate surface area is 114 Å². The molecule has 0 aliphatic rings. The van der Waals surface area contributed by atoms with Gasteiger partial charge in [-0.25, -0.2) is 17.9 Å². The highest BCUT2D eigenvalue weighted by Gasteiger charge is 2.17. The summed E-state index contributed by atoms with van der Waals surface area (Å²) < 4.78 is 28.7. The Morgan fingerprint density at radius 3 is 2.80 bits per heavy atom. The first kappa shape index (κ1) is 14.1. The van der Waals surface area contributed by atoms with Crippen molar-refractivity contribution in [1.29, 1.82) is 0 Å². The number of aryl methyl sites for hydroxylation is 1. The van der Waals surface area contributed by atoms with Crippen molar-refractivity contribution in [3.63, 3.8) is 0 Å². The van der Waals surface area contributed by atoms with Crippen LogP contribution in [0.2, 0.25) is 0 Å². The zero-order valence-corrected chi connectivity index (χ0v) is 11.3. The third-order valence-corrected chi connectivity index (χ3v) is 3.98. The largest absolute Gasteiger partial charge is 0.476 e. The lowest BCUT2D eigenvalue weighted by atomic mass is 10.5. The smallest absolute Gasteiger partial charge is 0.358 e. The Bertz CT molecular complexity index is 718.